The van der Waals surface area contributed by atoms with E-state index in [1.54, 1.807) is 30.3 Å². The van der Waals surface area contributed by atoms with Crippen LogP contribution in [0.5, 0.6) is 5.75 Å². The third-order valence-electron chi connectivity index (χ3n) is 3.79. The number of amides is 1. The Morgan fingerprint density at radius 2 is 1.75 bits per heavy atom. The van der Waals surface area contributed by atoms with Gasteiger partial charge in [-0.2, -0.15) is 0 Å². The summed E-state index contributed by atoms with van der Waals surface area (Å²) in [5.41, 5.74) is 0.149. The minimum absolute atomic E-state index is 0.118. The monoisotopic (exact) mass is 384 g/mol. The average Bonchev–Trinajstić information content (AvgIpc) is 2.66. The number of benzene rings is 3. The van der Waals surface area contributed by atoms with E-state index in [1.807, 2.05) is 0 Å². The molecule has 0 bridgehead atoms. The number of nitrogens with zero attached hydrogens (tertiary/aromatic N) is 1. The first-order chi connectivity index (χ1) is 13.4. The molecule has 0 aromatic heterocycles. The Balaban J connectivity index is 1.73. The van der Waals surface area contributed by atoms with Crippen LogP contribution in [0, 0.1) is 21.7 Å². The maximum absolute atomic E-state index is 13.4. The van der Waals surface area contributed by atoms with Gasteiger partial charge in [-0.15, -0.1) is 0 Å². The first kappa shape index (κ1) is 19.0. The number of nitro groups is 1. The molecular formula is C20H14F2N2O4. The molecule has 3 aromatic carbocycles. The van der Waals surface area contributed by atoms with Crippen LogP contribution >= 0.6 is 0 Å². The van der Waals surface area contributed by atoms with Gasteiger partial charge in [-0.3, -0.25) is 14.9 Å². The maximum atomic E-state index is 13.4. The highest BCUT2D eigenvalue weighted by Crippen LogP contribution is 2.22. The zero-order valence-electron chi connectivity index (χ0n) is 14.4. The summed E-state index contributed by atoms with van der Waals surface area (Å²) in [6.07, 6.45) is 0. The summed E-state index contributed by atoms with van der Waals surface area (Å²) in [4.78, 5) is 22.7. The van der Waals surface area contributed by atoms with E-state index < -0.39 is 28.2 Å². The van der Waals surface area contributed by atoms with E-state index >= 15 is 0 Å². The molecule has 3 aromatic rings. The van der Waals surface area contributed by atoms with E-state index in [2.05, 4.69) is 5.32 Å². The largest absolute Gasteiger partial charge is 0.489 e. The zero-order chi connectivity index (χ0) is 20.1. The van der Waals surface area contributed by atoms with Crippen molar-refractivity contribution >= 4 is 17.3 Å². The number of ether oxygens (including phenoxy) is 1. The van der Waals surface area contributed by atoms with Gasteiger partial charge in [-0.25, -0.2) is 8.78 Å². The molecule has 3 rings (SSSR count). The van der Waals surface area contributed by atoms with Gasteiger partial charge in [0.05, 0.1) is 4.92 Å². The highest BCUT2D eigenvalue weighted by molar-refractivity contribution is 6.07. The van der Waals surface area contributed by atoms with Crippen molar-refractivity contribution in [3.05, 3.63) is 99.6 Å². The molecule has 0 unspecified atom stereocenters. The van der Waals surface area contributed by atoms with E-state index in [4.69, 9.17) is 4.74 Å². The standard InChI is InChI=1S/C20H14F2N2O4/c21-14-4-2-6-17(10-14)28-12-13-3-1-5-16(9-13)23-20(25)18-11-15(22)7-8-19(18)24(26)27/h1-11H,12H2,(H,23,25). The van der Waals surface area contributed by atoms with Gasteiger partial charge in [0.15, 0.2) is 0 Å². The number of halogens is 2. The number of anilines is 1. The van der Waals surface area contributed by atoms with E-state index in [-0.39, 0.29) is 12.2 Å². The van der Waals surface area contributed by atoms with Crippen molar-refractivity contribution in [3.63, 3.8) is 0 Å². The molecule has 1 amide bonds. The van der Waals surface area contributed by atoms with Gasteiger partial charge in [-0.1, -0.05) is 18.2 Å². The Hall–Kier alpha value is -3.81. The molecule has 1 N–H and O–H groups in total. The van der Waals surface area contributed by atoms with E-state index in [0.29, 0.717) is 17.0 Å². The molecule has 28 heavy (non-hydrogen) atoms. The van der Waals surface area contributed by atoms with Crippen LogP contribution in [0.15, 0.2) is 66.7 Å². The number of carbonyl (C=O) groups excluding carboxylic acids is 1. The maximum Gasteiger partial charge on any atom is 0.282 e. The lowest BCUT2D eigenvalue weighted by molar-refractivity contribution is -0.385. The van der Waals surface area contributed by atoms with Gasteiger partial charge in [0.1, 0.15) is 29.6 Å². The fourth-order valence-electron chi connectivity index (χ4n) is 2.51. The van der Waals surface area contributed by atoms with Gasteiger partial charge >= 0.3 is 0 Å². The third kappa shape index (κ3) is 4.67. The molecule has 0 fully saturated rings. The smallest absolute Gasteiger partial charge is 0.282 e. The SMILES string of the molecule is O=C(Nc1cccc(COc2cccc(F)c2)c1)c1cc(F)ccc1[N+](=O)[O-]. The summed E-state index contributed by atoms with van der Waals surface area (Å²) in [5, 5.41) is 13.6. The second-order valence-corrected chi connectivity index (χ2v) is 5.82. The summed E-state index contributed by atoms with van der Waals surface area (Å²) in [6, 6.07) is 14.9. The van der Waals surface area contributed by atoms with Crippen molar-refractivity contribution in [1.29, 1.82) is 0 Å². The molecule has 8 heteroatoms. The molecule has 0 spiro atoms. The van der Waals surface area contributed by atoms with Crippen LogP contribution in [0.1, 0.15) is 15.9 Å². The molecule has 142 valence electrons. The first-order valence-electron chi connectivity index (χ1n) is 8.15. The average molecular weight is 384 g/mol. The number of hydrogen-bond acceptors (Lipinski definition) is 4. The van der Waals surface area contributed by atoms with E-state index in [1.165, 1.54) is 18.2 Å². The summed E-state index contributed by atoms with van der Waals surface area (Å²) in [5.74, 6) is -1.64. The number of nitro benzene ring substituents is 1. The highest BCUT2D eigenvalue weighted by atomic mass is 19.1. The minimum atomic E-state index is -0.811. The van der Waals surface area contributed by atoms with Crippen LogP contribution < -0.4 is 10.1 Å². The molecule has 0 radical (unpaired) electrons. The Kier molecular flexibility index (Phi) is 5.59. The predicted octanol–water partition coefficient (Wildman–Crippen LogP) is 4.70. The van der Waals surface area contributed by atoms with Crippen molar-refractivity contribution in [3.8, 4) is 5.75 Å². The topological polar surface area (TPSA) is 81.5 Å². The number of nitrogens with one attached hydrogen (secondary N) is 1. The third-order valence-corrected chi connectivity index (χ3v) is 3.79. The molecule has 0 heterocycles. The number of carbonyl (C=O) groups is 1. The Bertz CT molecular complexity index is 1040. The zero-order valence-corrected chi connectivity index (χ0v) is 14.4. The van der Waals surface area contributed by atoms with Crippen LogP contribution in [0.3, 0.4) is 0 Å². The quantitative estimate of drug-likeness (QED) is 0.493. The second-order valence-electron chi connectivity index (χ2n) is 5.82. The van der Waals surface area contributed by atoms with Crippen molar-refractivity contribution in [1.82, 2.24) is 0 Å². The molecule has 0 atom stereocenters. The summed E-state index contributed by atoms with van der Waals surface area (Å²) in [7, 11) is 0. The number of hydrogen-bond donors (Lipinski definition) is 1. The molecular weight excluding hydrogens is 370 g/mol. The summed E-state index contributed by atoms with van der Waals surface area (Å²) >= 11 is 0. The highest BCUT2D eigenvalue weighted by Gasteiger charge is 2.21. The van der Waals surface area contributed by atoms with Crippen LogP contribution in [0.4, 0.5) is 20.2 Å². The molecule has 0 saturated carbocycles. The van der Waals surface area contributed by atoms with Gasteiger partial charge in [-0.05, 0) is 42.0 Å². The molecule has 6 nitrogen and oxygen atoms in total. The Labute approximate surface area is 158 Å². The van der Waals surface area contributed by atoms with E-state index in [9.17, 15) is 23.7 Å². The fourth-order valence-corrected chi connectivity index (χ4v) is 2.51. The summed E-state index contributed by atoms with van der Waals surface area (Å²) < 4.78 is 32.1. The Morgan fingerprint density at radius 3 is 2.50 bits per heavy atom. The lowest BCUT2D eigenvalue weighted by Gasteiger charge is -2.09. The second kappa shape index (κ2) is 8.26. The predicted molar refractivity (Wildman–Crippen MR) is 98.2 cm³/mol. The molecule has 0 aliphatic heterocycles. The first-order valence-corrected chi connectivity index (χ1v) is 8.15. The number of rotatable bonds is 6. The molecule has 0 aliphatic rings. The van der Waals surface area contributed by atoms with Crippen molar-refractivity contribution in [2.75, 3.05) is 5.32 Å². The van der Waals surface area contributed by atoms with Gasteiger partial charge in [0.25, 0.3) is 11.6 Å². The lowest BCUT2D eigenvalue weighted by Crippen LogP contribution is -2.14. The van der Waals surface area contributed by atoms with Crippen LogP contribution in [0.2, 0.25) is 0 Å². The van der Waals surface area contributed by atoms with Crippen LogP contribution in [-0.2, 0) is 6.61 Å². The van der Waals surface area contributed by atoms with Crippen LogP contribution in [-0.4, -0.2) is 10.8 Å². The fraction of sp³-hybridized carbons (Fsp3) is 0.0500. The van der Waals surface area contributed by atoms with Crippen molar-refractivity contribution in [2.24, 2.45) is 0 Å². The Morgan fingerprint density at radius 1 is 1.00 bits per heavy atom. The van der Waals surface area contributed by atoms with Gasteiger partial charge in [0.2, 0.25) is 0 Å². The molecule has 0 saturated heterocycles. The molecule has 0 aliphatic carbocycles. The van der Waals surface area contributed by atoms with Gasteiger partial charge in [0, 0.05) is 17.8 Å². The van der Waals surface area contributed by atoms with Crippen molar-refractivity contribution < 1.29 is 23.2 Å². The normalized spacial score (nSPS) is 10.4. The van der Waals surface area contributed by atoms with Crippen molar-refractivity contribution in [2.45, 2.75) is 6.61 Å². The minimum Gasteiger partial charge on any atom is -0.489 e. The lowest BCUT2D eigenvalue weighted by atomic mass is 10.1. The summed E-state index contributed by atoms with van der Waals surface area (Å²) in [6.45, 7) is 0.118. The van der Waals surface area contributed by atoms with Crippen LogP contribution in [0.25, 0.3) is 0 Å². The van der Waals surface area contributed by atoms with Gasteiger partial charge < -0.3 is 10.1 Å². The van der Waals surface area contributed by atoms with E-state index in [0.717, 1.165) is 18.2 Å².